The highest BCUT2D eigenvalue weighted by molar-refractivity contribution is 6.30. The number of halogens is 1. The van der Waals surface area contributed by atoms with Gasteiger partial charge < -0.3 is 19.5 Å². The van der Waals surface area contributed by atoms with Gasteiger partial charge in [-0.05, 0) is 36.9 Å². The fourth-order valence-electron chi connectivity index (χ4n) is 2.72. The first-order chi connectivity index (χ1) is 13.1. The van der Waals surface area contributed by atoms with Gasteiger partial charge in [0.15, 0.2) is 11.5 Å². The molecule has 7 heteroatoms. The molecule has 0 saturated carbocycles. The predicted octanol–water partition coefficient (Wildman–Crippen LogP) is 3.45. The SMILES string of the molecule is CCN(CCOc1cccc(Cl)c1)CC(=O)Nc1ccc2c(c1)OCCO2. The number of carbonyl (C=O) groups excluding carboxylic acids is 1. The van der Waals surface area contributed by atoms with Crippen molar-refractivity contribution in [2.75, 3.05) is 44.8 Å². The van der Waals surface area contributed by atoms with Crippen LogP contribution in [0.5, 0.6) is 17.2 Å². The van der Waals surface area contributed by atoms with Gasteiger partial charge in [-0.2, -0.15) is 0 Å². The number of anilines is 1. The van der Waals surface area contributed by atoms with Crippen LogP contribution in [-0.4, -0.2) is 50.3 Å². The molecule has 2 aromatic carbocycles. The monoisotopic (exact) mass is 390 g/mol. The highest BCUT2D eigenvalue weighted by Crippen LogP contribution is 2.32. The Balaban J connectivity index is 1.46. The van der Waals surface area contributed by atoms with Crippen molar-refractivity contribution in [3.05, 3.63) is 47.5 Å². The third kappa shape index (κ3) is 5.77. The van der Waals surface area contributed by atoms with Crippen LogP contribution in [0.15, 0.2) is 42.5 Å². The van der Waals surface area contributed by atoms with Gasteiger partial charge in [0.1, 0.15) is 25.6 Å². The minimum Gasteiger partial charge on any atom is -0.492 e. The quantitative estimate of drug-likeness (QED) is 0.748. The highest BCUT2D eigenvalue weighted by Gasteiger charge is 2.14. The fourth-order valence-corrected chi connectivity index (χ4v) is 2.90. The van der Waals surface area contributed by atoms with Crippen molar-refractivity contribution in [2.24, 2.45) is 0 Å². The minimum atomic E-state index is -0.0868. The lowest BCUT2D eigenvalue weighted by atomic mass is 10.2. The summed E-state index contributed by atoms with van der Waals surface area (Å²) in [6, 6.07) is 12.7. The summed E-state index contributed by atoms with van der Waals surface area (Å²) in [6.07, 6.45) is 0. The Bertz CT molecular complexity index is 784. The average Bonchev–Trinajstić information content (AvgIpc) is 2.67. The van der Waals surface area contributed by atoms with Gasteiger partial charge in [-0.1, -0.05) is 24.6 Å². The van der Waals surface area contributed by atoms with E-state index < -0.39 is 0 Å². The Morgan fingerprint density at radius 3 is 2.78 bits per heavy atom. The molecule has 0 radical (unpaired) electrons. The second kappa shape index (κ2) is 9.48. The lowest BCUT2D eigenvalue weighted by Crippen LogP contribution is -2.36. The van der Waals surface area contributed by atoms with Crippen molar-refractivity contribution in [2.45, 2.75) is 6.92 Å². The molecule has 0 aromatic heterocycles. The van der Waals surface area contributed by atoms with Crippen LogP contribution in [0.2, 0.25) is 5.02 Å². The Morgan fingerprint density at radius 1 is 1.19 bits per heavy atom. The van der Waals surface area contributed by atoms with Gasteiger partial charge in [-0.15, -0.1) is 0 Å². The molecule has 2 aromatic rings. The van der Waals surface area contributed by atoms with Crippen molar-refractivity contribution < 1.29 is 19.0 Å². The van der Waals surface area contributed by atoms with Crippen LogP contribution in [-0.2, 0) is 4.79 Å². The van der Waals surface area contributed by atoms with E-state index >= 15 is 0 Å². The van der Waals surface area contributed by atoms with Crippen LogP contribution in [0.25, 0.3) is 0 Å². The number of rotatable bonds is 8. The molecule has 0 spiro atoms. The van der Waals surface area contributed by atoms with E-state index in [9.17, 15) is 4.79 Å². The topological polar surface area (TPSA) is 60.0 Å². The molecule has 0 aliphatic carbocycles. The average molecular weight is 391 g/mol. The van der Waals surface area contributed by atoms with E-state index in [1.54, 1.807) is 24.3 Å². The Morgan fingerprint density at radius 2 is 2.00 bits per heavy atom. The van der Waals surface area contributed by atoms with Crippen molar-refractivity contribution in [1.29, 1.82) is 0 Å². The number of nitrogens with zero attached hydrogens (tertiary/aromatic N) is 1. The van der Waals surface area contributed by atoms with E-state index in [2.05, 4.69) is 5.32 Å². The number of likely N-dealkylation sites (N-methyl/N-ethyl adjacent to an activating group) is 1. The molecule has 144 valence electrons. The highest BCUT2D eigenvalue weighted by atomic mass is 35.5. The molecule has 3 rings (SSSR count). The molecule has 27 heavy (non-hydrogen) atoms. The van der Waals surface area contributed by atoms with Crippen LogP contribution in [0, 0.1) is 0 Å². The van der Waals surface area contributed by atoms with Crippen LogP contribution in [0.4, 0.5) is 5.69 Å². The maximum Gasteiger partial charge on any atom is 0.238 e. The van der Waals surface area contributed by atoms with Gasteiger partial charge in [0, 0.05) is 23.3 Å². The second-order valence-electron chi connectivity index (χ2n) is 6.08. The largest absolute Gasteiger partial charge is 0.492 e. The summed E-state index contributed by atoms with van der Waals surface area (Å²) in [7, 11) is 0. The molecule has 1 amide bonds. The smallest absolute Gasteiger partial charge is 0.238 e. The standard InChI is InChI=1S/C20H23ClN2O4/c1-2-23(8-9-25-17-5-3-4-15(21)12-17)14-20(24)22-16-6-7-18-19(13-16)27-11-10-26-18/h3-7,12-13H,2,8-11,14H2,1H3,(H,22,24). The zero-order valence-electron chi connectivity index (χ0n) is 15.2. The molecule has 1 N–H and O–H groups in total. The van der Waals surface area contributed by atoms with Crippen LogP contribution in [0.3, 0.4) is 0 Å². The predicted molar refractivity (Wildman–Crippen MR) is 105 cm³/mol. The third-order valence-corrected chi connectivity index (χ3v) is 4.35. The van der Waals surface area contributed by atoms with Crippen LogP contribution < -0.4 is 19.5 Å². The van der Waals surface area contributed by atoms with Crippen LogP contribution >= 0.6 is 11.6 Å². The molecule has 1 aliphatic rings. The van der Waals surface area contributed by atoms with Gasteiger partial charge in [-0.3, -0.25) is 9.69 Å². The van der Waals surface area contributed by atoms with Crippen LogP contribution in [0.1, 0.15) is 6.92 Å². The van der Waals surface area contributed by atoms with E-state index in [0.29, 0.717) is 48.6 Å². The number of nitrogens with one attached hydrogen (secondary N) is 1. The number of fused-ring (bicyclic) bond motifs is 1. The summed E-state index contributed by atoms with van der Waals surface area (Å²) in [4.78, 5) is 14.4. The summed E-state index contributed by atoms with van der Waals surface area (Å²) in [6.45, 7) is 5.21. The van der Waals surface area contributed by atoms with Gasteiger partial charge in [-0.25, -0.2) is 0 Å². The van der Waals surface area contributed by atoms with E-state index in [0.717, 1.165) is 12.3 Å². The molecular formula is C20H23ClN2O4. The molecule has 0 atom stereocenters. The first kappa shape index (κ1) is 19.3. The second-order valence-corrected chi connectivity index (χ2v) is 6.52. The number of hydrogen-bond acceptors (Lipinski definition) is 5. The van der Waals surface area contributed by atoms with E-state index in [4.69, 9.17) is 25.8 Å². The maximum absolute atomic E-state index is 12.3. The Labute approximate surface area is 164 Å². The lowest BCUT2D eigenvalue weighted by molar-refractivity contribution is -0.117. The van der Waals surface area contributed by atoms with E-state index in [1.165, 1.54) is 0 Å². The summed E-state index contributed by atoms with van der Waals surface area (Å²) in [5.41, 5.74) is 0.690. The molecule has 6 nitrogen and oxygen atoms in total. The minimum absolute atomic E-state index is 0.0868. The van der Waals surface area contributed by atoms with Crippen molar-refractivity contribution in [1.82, 2.24) is 4.90 Å². The molecule has 1 aliphatic heterocycles. The van der Waals surface area contributed by atoms with Crippen molar-refractivity contribution in [3.8, 4) is 17.2 Å². The molecule has 0 unspecified atom stereocenters. The van der Waals surface area contributed by atoms with E-state index in [-0.39, 0.29) is 12.5 Å². The number of hydrogen-bond donors (Lipinski definition) is 1. The molecule has 0 saturated heterocycles. The summed E-state index contributed by atoms with van der Waals surface area (Å²) >= 11 is 5.94. The first-order valence-electron chi connectivity index (χ1n) is 8.94. The number of carbonyl (C=O) groups is 1. The van der Waals surface area contributed by atoms with E-state index in [1.807, 2.05) is 30.0 Å². The molecule has 0 bridgehead atoms. The van der Waals surface area contributed by atoms with Gasteiger partial charge in [0.2, 0.25) is 5.91 Å². The first-order valence-corrected chi connectivity index (χ1v) is 9.32. The number of amides is 1. The molecule has 1 heterocycles. The molecular weight excluding hydrogens is 368 g/mol. The fraction of sp³-hybridized carbons (Fsp3) is 0.350. The zero-order chi connectivity index (χ0) is 19.1. The third-order valence-electron chi connectivity index (χ3n) is 4.11. The van der Waals surface area contributed by atoms with Gasteiger partial charge in [0.25, 0.3) is 0 Å². The summed E-state index contributed by atoms with van der Waals surface area (Å²) in [5, 5.41) is 3.54. The normalized spacial score (nSPS) is 12.7. The number of ether oxygens (including phenoxy) is 3. The summed E-state index contributed by atoms with van der Waals surface area (Å²) in [5.74, 6) is 1.99. The number of benzene rings is 2. The van der Waals surface area contributed by atoms with Gasteiger partial charge >= 0.3 is 0 Å². The lowest BCUT2D eigenvalue weighted by Gasteiger charge is -2.21. The van der Waals surface area contributed by atoms with Gasteiger partial charge in [0.05, 0.1) is 6.54 Å². The van der Waals surface area contributed by atoms with Crippen molar-refractivity contribution >= 4 is 23.2 Å². The van der Waals surface area contributed by atoms with Crippen molar-refractivity contribution in [3.63, 3.8) is 0 Å². The Hall–Kier alpha value is -2.44. The molecule has 0 fully saturated rings. The Kier molecular flexibility index (Phi) is 6.79. The summed E-state index contributed by atoms with van der Waals surface area (Å²) < 4.78 is 16.7. The maximum atomic E-state index is 12.3. The zero-order valence-corrected chi connectivity index (χ0v) is 16.0.